The fraction of sp³-hybridized carbons (Fsp3) is 0.417. The molecule has 1 aromatic rings. The van der Waals surface area contributed by atoms with Gasteiger partial charge in [-0.25, -0.2) is 0 Å². The van der Waals surface area contributed by atoms with Gasteiger partial charge >= 0.3 is 12.6 Å². The standard InChI is InChI=1S/C12H13ClF2O3/c13-9-5-3-6-10(18-12(14)15)8(9)4-1-2-7-11(16)17/h3,5-6,12H,1-2,4,7H2,(H,16,17). The minimum Gasteiger partial charge on any atom is -0.481 e. The molecule has 0 aromatic heterocycles. The van der Waals surface area contributed by atoms with Crippen LogP contribution in [-0.4, -0.2) is 17.7 Å². The summed E-state index contributed by atoms with van der Waals surface area (Å²) in [5.41, 5.74) is 0.491. The number of halogens is 3. The number of carbonyl (C=O) groups is 1. The molecule has 0 saturated carbocycles. The third-order valence-electron chi connectivity index (χ3n) is 2.36. The third-order valence-corrected chi connectivity index (χ3v) is 2.71. The summed E-state index contributed by atoms with van der Waals surface area (Å²) in [7, 11) is 0. The van der Waals surface area contributed by atoms with Gasteiger partial charge in [-0.05, 0) is 31.4 Å². The Bertz CT molecular complexity index is 410. The van der Waals surface area contributed by atoms with E-state index in [1.165, 1.54) is 12.1 Å². The molecule has 0 aliphatic rings. The molecule has 0 saturated heterocycles. The van der Waals surface area contributed by atoms with Gasteiger partial charge in [0.1, 0.15) is 5.75 Å². The number of benzene rings is 1. The van der Waals surface area contributed by atoms with Gasteiger partial charge in [-0.15, -0.1) is 0 Å². The molecule has 3 nitrogen and oxygen atoms in total. The molecule has 0 bridgehead atoms. The Kier molecular flexibility index (Phi) is 5.85. The molecule has 1 aromatic carbocycles. The van der Waals surface area contributed by atoms with E-state index in [1.54, 1.807) is 6.07 Å². The smallest absolute Gasteiger partial charge is 0.387 e. The highest BCUT2D eigenvalue weighted by Crippen LogP contribution is 2.29. The van der Waals surface area contributed by atoms with Crippen LogP contribution in [0.4, 0.5) is 8.78 Å². The van der Waals surface area contributed by atoms with E-state index in [2.05, 4.69) is 4.74 Å². The monoisotopic (exact) mass is 278 g/mol. The van der Waals surface area contributed by atoms with Crippen LogP contribution in [0.1, 0.15) is 24.8 Å². The summed E-state index contributed by atoms with van der Waals surface area (Å²) in [4.78, 5) is 10.3. The van der Waals surface area contributed by atoms with E-state index in [-0.39, 0.29) is 12.2 Å². The Morgan fingerprint density at radius 2 is 2.11 bits per heavy atom. The first-order valence-corrected chi connectivity index (χ1v) is 5.82. The Labute approximate surface area is 108 Å². The highest BCUT2D eigenvalue weighted by Gasteiger charge is 2.12. The molecule has 0 radical (unpaired) electrons. The van der Waals surface area contributed by atoms with Crippen molar-refractivity contribution in [3.8, 4) is 5.75 Å². The first-order valence-electron chi connectivity index (χ1n) is 5.44. The summed E-state index contributed by atoms with van der Waals surface area (Å²) in [5, 5.41) is 8.84. The van der Waals surface area contributed by atoms with E-state index >= 15 is 0 Å². The number of hydrogen-bond donors (Lipinski definition) is 1. The molecular formula is C12H13ClF2O3. The van der Waals surface area contributed by atoms with Crippen LogP contribution < -0.4 is 4.74 Å². The van der Waals surface area contributed by atoms with Crippen molar-refractivity contribution in [2.45, 2.75) is 32.3 Å². The lowest BCUT2D eigenvalue weighted by atomic mass is 10.1. The molecule has 0 fully saturated rings. The van der Waals surface area contributed by atoms with Crippen LogP contribution in [0.15, 0.2) is 18.2 Å². The minimum atomic E-state index is -2.90. The predicted molar refractivity (Wildman–Crippen MR) is 63.3 cm³/mol. The minimum absolute atomic E-state index is 0.0489. The molecular weight excluding hydrogens is 266 g/mol. The first kappa shape index (κ1) is 14.7. The van der Waals surface area contributed by atoms with Crippen molar-refractivity contribution in [3.05, 3.63) is 28.8 Å². The summed E-state index contributed by atoms with van der Waals surface area (Å²) < 4.78 is 28.7. The lowest BCUT2D eigenvalue weighted by molar-refractivity contribution is -0.137. The zero-order valence-electron chi connectivity index (χ0n) is 9.54. The van der Waals surface area contributed by atoms with Gasteiger partial charge in [-0.1, -0.05) is 17.7 Å². The second kappa shape index (κ2) is 7.16. The zero-order chi connectivity index (χ0) is 13.5. The molecule has 1 rings (SSSR count). The maximum absolute atomic E-state index is 12.2. The third kappa shape index (κ3) is 4.87. The Hall–Kier alpha value is -1.36. The molecule has 0 atom stereocenters. The number of unbranched alkanes of at least 4 members (excludes halogenated alkanes) is 1. The first-order chi connectivity index (χ1) is 8.50. The SMILES string of the molecule is O=C(O)CCCCc1c(Cl)cccc1OC(F)F. The summed E-state index contributed by atoms with van der Waals surface area (Å²) in [5.74, 6) is -0.828. The molecule has 0 heterocycles. The normalized spacial score (nSPS) is 10.7. The van der Waals surface area contributed by atoms with Crippen molar-refractivity contribution in [3.63, 3.8) is 0 Å². The number of hydrogen-bond acceptors (Lipinski definition) is 2. The van der Waals surface area contributed by atoms with Gasteiger partial charge in [-0.3, -0.25) is 4.79 Å². The molecule has 0 amide bonds. The van der Waals surface area contributed by atoms with Crippen molar-refractivity contribution in [2.24, 2.45) is 0 Å². The topological polar surface area (TPSA) is 46.5 Å². The van der Waals surface area contributed by atoms with Crippen molar-refractivity contribution in [1.29, 1.82) is 0 Å². The number of alkyl halides is 2. The van der Waals surface area contributed by atoms with Crippen LogP contribution in [0.5, 0.6) is 5.75 Å². The number of ether oxygens (including phenoxy) is 1. The average Bonchev–Trinajstić information content (AvgIpc) is 2.26. The van der Waals surface area contributed by atoms with E-state index in [9.17, 15) is 13.6 Å². The van der Waals surface area contributed by atoms with Crippen LogP contribution >= 0.6 is 11.6 Å². The van der Waals surface area contributed by atoms with E-state index in [0.717, 1.165) is 0 Å². The molecule has 1 N–H and O–H groups in total. The Morgan fingerprint density at radius 3 is 2.72 bits per heavy atom. The fourth-order valence-corrected chi connectivity index (χ4v) is 1.83. The Balaban J connectivity index is 2.64. The number of carboxylic acid groups (broad SMARTS) is 1. The van der Waals surface area contributed by atoms with E-state index in [1.807, 2.05) is 0 Å². The van der Waals surface area contributed by atoms with Gasteiger partial charge in [0.15, 0.2) is 0 Å². The lowest BCUT2D eigenvalue weighted by Crippen LogP contribution is -2.05. The van der Waals surface area contributed by atoms with Crippen LogP contribution in [0.2, 0.25) is 5.02 Å². The number of rotatable bonds is 7. The highest BCUT2D eigenvalue weighted by molar-refractivity contribution is 6.31. The van der Waals surface area contributed by atoms with Crippen LogP contribution in [0.25, 0.3) is 0 Å². The van der Waals surface area contributed by atoms with Gasteiger partial charge in [0.05, 0.1) is 0 Å². The molecule has 0 aliphatic heterocycles. The van der Waals surface area contributed by atoms with E-state index < -0.39 is 12.6 Å². The number of carboxylic acids is 1. The molecule has 0 unspecified atom stereocenters. The van der Waals surface area contributed by atoms with Crippen LogP contribution in [0.3, 0.4) is 0 Å². The van der Waals surface area contributed by atoms with Gasteiger partial charge in [-0.2, -0.15) is 8.78 Å². The van der Waals surface area contributed by atoms with Crippen molar-refractivity contribution >= 4 is 17.6 Å². The second-order valence-electron chi connectivity index (χ2n) is 3.70. The Morgan fingerprint density at radius 1 is 1.39 bits per heavy atom. The quantitative estimate of drug-likeness (QED) is 0.773. The summed E-state index contributed by atoms with van der Waals surface area (Å²) in [6, 6.07) is 4.54. The highest BCUT2D eigenvalue weighted by atomic mass is 35.5. The van der Waals surface area contributed by atoms with Crippen molar-refractivity contribution in [1.82, 2.24) is 0 Å². The molecule has 100 valence electrons. The van der Waals surface area contributed by atoms with E-state index in [4.69, 9.17) is 16.7 Å². The molecule has 0 aliphatic carbocycles. The summed E-state index contributed by atoms with van der Waals surface area (Å²) in [6.45, 7) is -2.90. The van der Waals surface area contributed by atoms with Gasteiger partial charge in [0.25, 0.3) is 0 Å². The molecule has 6 heteroatoms. The average molecular weight is 279 g/mol. The van der Waals surface area contributed by atoms with Crippen LogP contribution in [-0.2, 0) is 11.2 Å². The van der Waals surface area contributed by atoms with Crippen molar-refractivity contribution in [2.75, 3.05) is 0 Å². The predicted octanol–water partition coefficient (Wildman–Crippen LogP) is 3.74. The van der Waals surface area contributed by atoms with Gasteiger partial charge < -0.3 is 9.84 Å². The fourth-order valence-electron chi connectivity index (χ4n) is 1.57. The maximum Gasteiger partial charge on any atom is 0.387 e. The molecule has 18 heavy (non-hydrogen) atoms. The van der Waals surface area contributed by atoms with Crippen LogP contribution in [0, 0.1) is 0 Å². The van der Waals surface area contributed by atoms with Crippen molar-refractivity contribution < 1.29 is 23.4 Å². The largest absolute Gasteiger partial charge is 0.481 e. The van der Waals surface area contributed by atoms with Gasteiger partial charge in [0, 0.05) is 17.0 Å². The van der Waals surface area contributed by atoms with Gasteiger partial charge in [0.2, 0.25) is 0 Å². The zero-order valence-corrected chi connectivity index (χ0v) is 10.3. The molecule has 0 spiro atoms. The van der Waals surface area contributed by atoms with E-state index in [0.29, 0.717) is 29.8 Å². The number of aliphatic carboxylic acids is 1. The maximum atomic E-state index is 12.2. The summed E-state index contributed by atoms with van der Waals surface area (Å²) >= 11 is 5.91. The summed E-state index contributed by atoms with van der Waals surface area (Å²) in [6.07, 6.45) is 1.48. The lowest BCUT2D eigenvalue weighted by Gasteiger charge is -2.11. The second-order valence-corrected chi connectivity index (χ2v) is 4.10.